The number of hydrogen-bond donors (Lipinski definition) is 0. The van der Waals surface area contributed by atoms with Gasteiger partial charge in [0.2, 0.25) is 0 Å². The van der Waals surface area contributed by atoms with Gasteiger partial charge < -0.3 is 9.90 Å². The summed E-state index contributed by atoms with van der Waals surface area (Å²) in [6.45, 7) is 0. The lowest BCUT2D eigenvalue weighted by atomic mass is 10.1. The zero-order valence-electron chi connectivity index (χ0n) is 6.86. The Morgan fingerprint density at radius 1 is 1.13 bits per heavy atom. The molecular weight excluding hydrogens is 223 g/mol. The summed E-state index contributed by atoms with van der Waals surface area (Å²) >= 11 is 0. The van der Waals surface area contributed by atoms with Crippen LogP contribution in [0.5, 0.6) is 0 Å². The molecule has 0 aliphatic heterocycles. The van der Waals surface area contributed by atoms with Crippen molar-refractivity contribution in [2.45, 2.75) is 6.18 Å². The van der Waals surface area contributed by atoms with Crippen molar-refractivity contribution in [1.82, 2.24) is 0 Å². The topological polar surface area (TPSA) is 40.1 Å². The molecule has 15 heavy (non-hydrogen) atoms. The number of aromatic carboxylic acids is 1. The van der Waals surface area contributed by atoms with Crippen molar-refractivity contribution in [2.75, 3.05) is 0 Å². The lowest BCUT2D eigenvalue weighted by Crippen LogP contribution is -2.25. The first-order valence-electron chi connectivity index (χ1n) is 3.51. The molecule has 0 bridgehead atoms. The molecule has 1 rings (SSSR count). The minimum atomic E-state index is -5.07. The number of benzene rings is 1. The van der Waals surface area contributed by atoms with E-state index in [2.05, 4.69) is 0 Å². The third-order valence-electron chi connectivity index (χ3n) is 1.61. The molecule has 0 aliphatic carbocycles. The van der Waals surface area contributed by atoms with Gasteiger partial charge in [0.05, 0.1) is 11.5 Å². The molecule has 0 saturated carbocycles. The molecule has 0 unspecified atom stereocenters. The van der Waals surface area contributed by atoms with E-state index in [4.69, 9.17) is 0 Å². The second-order valence-electron chi connectivity index (χ2n) is 2.57. The smallest absolute Gasteiger partial charge is 0.419 e. The molecule has 7 heteroatoms. The highest BCUT2D eigenvalue weighted by Crippen LogP contribution is 2.32. The molecule has 0 aromatic heterocycles. The van der Waals surface area contributed by atoms with Crippen molar-refractivity contribution in [1.29, 1.82) is 0 Å². The monoisotopic (exact) mass is 225 g/mol. The van der Waals surface area contributed by atoms with Crippen LogP contribution in [0.1, 0.15) is 15.9 Å². The normalized spacial score (nSPS) is 11.5. The Morgan fingerprint density at radius 2 is 1.67 bits per heavy atom. The summed E-state index contributed by atoms with van der Waals surface area (Å²) in [5.74, 6) is -6.41. The van der Waals surface area contributed by atoms with Crippen LogP contribution < -0.4 is 5.11 Å². The number of hydrogen-bond acceptors (Lipinski definition) is 2. The first-order chi connectivity index (χ1) is 6.75. The maximum absolute atomic E-state index is 12.7. The standard InChI is InChI=1S/C8H3F5O2/c9-5-3(7(14)15)1-2-4(6(5)10)8(11,12)13/h1-2H,(H,14,15)/p-1. The lowest BCUT2D eigenvalue weighted by molar-refractivity contribution is -0.255. The Morgan fingerprint density at radius 3 is 2.07 bits per heavy atom. The third kappa shape index (κ3) is 2.05. The molecule has 0 fully saturated rings. The molecule has 2 nitrogen and oxygen atoms in total. The Bertz CT molecular complexity index is 410. The number of halogens is 5. The number of carbonyl (C=O) groups is 1. The van der Waals surface area contributed by atoms with Crippen LogP contribution in [0.15, 0.2) is 12.1 Å². The fourth-order valence-electron chi connectivity index (χ4n) is 0.926. The van der Waals surface area contributed by atoms with Crippen molar-refractivity contribution in [3.8, 4) is 0 Å². The number of carboxylic acids is 1. The average molecular weight is 225 g/mol. The molecule has 82 valence electrons. The van der Waals surface area contributed by atoms with Crippen LogP contribution in [0, 0.1) is 11.6 Å². The number of carboxylic acid groups (broad SMARTS) is 1. The molecule has 0 saturated heterocycles. The Labute approximate surface area is 79.9 Å². The number of carbonyl (C=O) groups excluding carboxylic acids is 1. The quantitative estimate of drug-likeness (QED) is 0.676. The fourth-order valence-corrected chi connectivity index (χ4v) is 0.926. The molecular formula is C8H2F5O2-. The minimum absolute atomic E-state index is 0.142. The zero-order chi connectivity index (χ0) is 11.8. The number of rotatable bonds is 1. The molecule has 1 aromatic rings. The summed E-state index contributed by atoms with van der Waals surface area (Å²) in [6, 6.07) is 0.445. The summed E-state index contributed by atoms with van der Waals surface area (Å²) in [7, 11) is 0. The fraction of sp³-hybridized carbons (Fsp3) is 0.125. The Balaban J connectivity index is 3.41. The highest BCUT2D eigenvalue weighted by Gasteiger charge is 2.35. The van der Waals surface area contributed by atoms with E-state index >= 15 is 0 Å². The third-order valence-corrected chi connectivity index (χ3v) is 1.61. The van der Waals surface area contributed by atoms with Gasteiger partial charge in [-0.15, -0.1) is 0 Å². The molecule has 0 spiro atoms. The van der Waals surface area contributed by atoms with Crippen molar-refractivity contribution in [3.63, 3.8) is 0 Å². The summed E-state index contributed by atoms with van der Waals surface area (Å²) in [5.41, 5.74) is -3.11. The summed E-state index contributed by atoms with van der Waals surface area (Å²) < 4.78 is 61.5. The van der Waals surface area contributed by atoms with E-state index < -0.39 is 34.9 Å². The first kappa shape index (κ1) is 11.4. The van der Waals surface area contributed by atoms with Crippen molar-refractivity contribution in [3.05, 3.63) is 34.9 Å². The Kier molecular flexibility index (Phi) is 2.65. The second kappa shape index (κ2) is 3.48. The van der Waals surface area contributed by atoms with E-state index in [0.29, 0.717) is 6.07 Å². The van der Waals surface area contributed by atoms with Crippen LogP contribution in [0.25, 0.3) is 0 Å². The van der Waals surface area contributed by atoms with Crippen molar-refractivity contribution >= 4 is 5.97 Å². The van der Waals surface area contributed by atoms with Crippen LogP contribution >= 0.6 is 0 Å². The van der Waals surface area contributed by atoms with Crippen molar-refractivity contribution in [2.24, 2.45) is 0 Å². The highest BCUT2D eigenvalue weighted by atomic mass is 19.4. The predicted octanol–water partition coefficient (Wildman–Crippen LogP) is 1.35. The van der Waals surface area contributed by atoms with E-state index in [-0.39, 0.29) is 6.07 Å². The lowest BCUT2D eigenvalue weighted by Gasteiger charge is -2.11. The van der Waals surface area contributed by atoms with E-state index in [0.717, 1.165) is 0 Å². The van der Waals surface area contributed by atoms with E-state index in [9.17, 15) is 31.9 Å². The van der Waals surface area contributed by atoms with E-state index in [1.807, 2.05) is 0 Å². The van der Waals surface area contributed by atoms with Gasteiger partial charge in [-0.2, -0.15) is 13.2 Å². The van der Waals surface area contributed by atoms with Gasteiger partial charge in [-0.1, -0.05) is 0 Å². The van der Waals surface area contributed by atoms with Gasteiger partial charge in [-0.05, 0) is 12.1 Å². The van der Waals surface area contributed by atoms with Gasteiger partial charge in [-0.25, -0.2) is 8.78 Å². The first-order valence-corrected chi connectivity index (χ1v) is 3.51. The van der Waals surface area contributed by atoms with Gasteiger partial charge in [0.1, 0.15) is 0 Å². The van der Waals surface area contributed by atoms with Gasteiger partial charge in [-0.3, -0.25) is 0 Å². The summed E-state index contributed by atoms with van der Waals surface area (Å²) in [6.07, 6.45) is -5.07. The Hall–Kier alpha value is -1.66. The molecule has 1 aromatic carbocycles. The molecule has 0 amide bonds. The zero-order valence-corrected chi connectivity index (χ0v) is 6.86. The predicted molar refractivity (Wildman–Crippen MR) is 35.7 cm³/mol. The molecule has 0 N–H and O–H groups in total. The maximum Gasteiger partial charge on any atom is 0.419 e. The van der Waals surface area contributed by atoms with Crippen LogP contribution in [0.3, 0.4) is 0 Å². The average Bonchev–Trinajstić information content (AvgIpc) is 2.06. The number of alkyl halides is 3. The maximum atomic E-state index is 12.7. The molecule has 0 aliphatic rings. The van der Waals surface area contributed by atoms with E-state index in [1.54, 1.807) is 0 Å². The summed E-state index contributed by atoms with van der Waals surface area (Å²) in [5, 5.41) is 10.1. The SMILES string of the molecule is O=C([O-])c1ccc(C(F)(F)F)c(F)c1F. The summed E-state index contributed by atoms with van der Waals surface area (Å²) in [4.78, 5) is 10.1. The van der Waals surface area contributed by atoms with Gasteiger partial charge in [0, 0.05) is 5.56 Å². The van der Waals surface area contributed by atoms with Crippen LogP contribution in [0.4, 0.5) is 22.0 Å². The van der Waals surface area contributed by atoms with Gasteiger partial charge in [0.25, 0.3) is 0 Å². The molecule has 0 heterocycles. The van der Waals surface area contributed by atoms with Crippen LogP contribution in [-0.2, 0) is 6.18 Å². The van der Waals surface area contributed by atoms with Crippen molar-refractivity contribution < 1.29 is 31.9 Å². The molecule has 0 atom stereocenters. The van der Waals surface area contributed by atoms with Gasteiger partial charge >= 0.3 is 6.18 Å². The highest BCUT2D eigenvalue weighted by molar-refractivity contribution is 5.86. The van der Waals surface area contributed by atoms with Gasteiger partial charge in [0.15, 0.2) is 11.6 Å². The van der Waals surface area contributed by atoms with E-state index in [1.165, 1.54) is 0 Å². The molecule has 0 radical (unpaired) electrons. The van der Waals surface area contributed by atoms with Crippen LogP contribution in [-0.4, -0.2) is 5.97 Å². The largest absolute Gasteiger partial charge is 0.545 e. The minimum Gasteiger partial charge on any atom is -0.545 e. The van der Waals surface area contributed by atoms with Crippen LogP contribution in [0.2, 0.25) is 0 Å². The second-order valence-corrected chi connectivity index (χ2v) is 2.57.